The van der Waals surface area contributed by atoms with E-state index >= 15 is 0 Å². The molecule has 0 aliphatic rings. The highest BCUT2D eigenvalue weighted by Crippen LogP contribution is 2.26. The van der Waals surface area contributed by atoms with Crippen molar-refractivity contribution in [2.75, 3.05) is 14.2 Å². The number of benzene rings is 1. The molecule has 4 aromatic rings. The zero-order valence-corrected chi connectivity index (χ0v) is 18.7. The summed E-state index contributed by atoms with van der Waals surface area (Å²) in [6, 6.07) is 14.6. The van der Waals surface area contributed by atoms with Crippen molar-refractivity contribution >= 4 is 17.5 Å². The summed E-state index contributed by atoms with van der Waals surface area (Å²) in [5.74, 6) is 0.451. The number of nitrogens with zero attached hydrogens (tertiary/aromatic N) is 4. The van der Waals surface area contributed by atoms with Gasteiger partial charge in [-0.05, 0) is 18.2 Å². The maximum Gasteiger partial charge on any atom is 0.272 e. The predicted octanol–water partition coefficient (Wildman–Crippen LogP) is 4.20. The predicted molar refractivity (Wildman–Crippen MR) is 124 cm³/mol. The molecule has 9 heteroatoms. The molecule has 3 heterocycles. The molecule has 0 radical (unpaired) electrons. The Morgan fingerprint density at radius 1 is 0.970 bits per heavy atom. The van der Waals surface area contributed by atoms with Crippen LogP contribution in [0.1, 0.15) is 16.2 Å². The van der Waals surface area contributed by atoms with Crippen LogP contribution in [0.15, 0.2) is 67.1 Å². The van der Waals surface area contributed by atoms with Crippen molar-refractivity contribution in [3.05, 3.63) is 83.5 Å². The van der Waals surface area contributed by atoms with Crippen LogP contribution >= 0.6 is 11.6 Å². The number of amides is 1. The Bertz CT molecular complexity index is 1280. The molecule has 0 unspecified atom stereocenters. The molecule has 166 valence electrons. The molecule has 0 fully saturated rings. The molecule has 1 N–H and O–H groups in total. The minimum atomic E-state index is -0.394. The number of ether oxygens (including phenoxy) is 2. The van der Waals surface area contributed by atoms with Crippen LogP contribution in [0.5, 0.6) is 11.6 Å². The Balaban J connectivity index is 1.66. The molecule has 4 rings (SSSR count). The first kappa shape index (κ1) is 22.2. The highest BCUT2D eigenvalue weighted by Gasteiger charge is 2.18. The third kappa shape index (κ3) is 5.07. The van der Waals surface area contributed by atoms with E-state index in [0.717, 1.165) is 5.56 Å². The monoisotopic (exact) mass is 461 g/mol. The van der Waals surface area contributed by atoms with Gasteiger partial charge in [-0.3, -0.25) is 14.8 Å². The number of carbonyl (C=O) groups excluding carboxylic acids is 1. The third-order valence-electron chi connectivity index (χ3n) is 4.76. The first-order chi connectivity index (χ1) is 16.1. The van der Waals surface area contributed by atoms with Crippen molar-refractivity contribution in [3.8, 4) is 34.1 Å². The van der Waals surface area contributed by atoms with E-state index in [1.165, 1.54) is 20.4 Å². The molecule has 0 spiro atoms. The number of pyridine rings is 2. The molecular weight excluding hydrogens is 442 g/mol. The van der Waals surface area contributed by atoms with Crippen LogP contribution in [-0.4, -0.2) is 40.1 Å². The second kappa shape index (κ2) is 10.1. The minimum Gasteiger partial charge on any atom is -0.491 e. The number of hydrogen-bond donors (Lipinski definition) is 1. The van der Waals surface area contributed by atoms with Gasteiger partial charge in [0.25, 0.3) is 11.8 Å². The summed E-state index contributed by atoms with van der Waals surface area (Å²) in [6.07, 6.45) is 4.75. The largest absolute Gasteiger partial charge is 0.491 e. The second-order valence-corrected chi connectivity index (χ2v) is 7.34. The Labute approximate surface area is 195 Å². The van der Waals surface area contributed by atoms with Crippen LogP contribution in [0.2, 0.25) is 5.02 Å². The molecule has 0 aliphatic carbocycles. The van der Waals surface area contributed by atoms with E-state index in [9.17, 15) is 4.79 Å². The number of rotatable bonds is 7. The lowest BCUT2D eigenvalue weighted by atomic mass is 10.1. The van der Waals surface area contributed by atoms with E-state index < -0.39 is 5.91 Å². The molecule has 1 amide bonds. The summed E-state index contributed by atoms with van der Waals surface area (Å²) in [7, 11) is 3.04. The standard InChI is InChI=1S/C24H20ClN5O3/c1-32-20-9-8-18(29-24(20)33-2)13-28-23(31)22-21(15-6-4-3-5-7-15)27-14-19(30-22)16-10-17(25)12-26-11-16/h3-12,14H,13H2,1-2H3,(H,28,31). The van der Waals surface area contributed by atoms with Gasteiger partial charge in [-0.2, -0.15) is 0 Å². The fourth-order valence-corrected chi connectivity index (χ4v) is 3.34. The molecular formula is C24H20ClN5O3. The lowest BCUT2D eigenvalue weighted by Gasteiger charge is -2.12. The van der Waals surface area contributed by atoms with Crippen molar-refractivity contribution in [2.45, 2.75) is 6.54 Å². The average molecular weight is 462 g/mol. The first-order valence-electron chi connectivity index (χ1n) is 9.98. The van der Waals surface area contributed by atoms with Crippen LogP contribution in [-0.2, 0) is 6.54 Å². The molecule has 0 atom stereocenters. The van der Waals surface area contributed by atoms with Gasteiger partial charge in [-0.15, -0.1) is 0 Å². The van der Waals surface area contributed by atoms with Gasteiger partial charge in [0.05, 0.1) is 43.4 Å². The number of nitrogens with one attached hydrogen (secondary N) is 1. The summed E-state index contributed by atoms with van der Waals surface area (Å²) in [5.41, 5.74) is 3.16. The van der Waals surface area contributed by atoms with Crippen molar-refractivity contribution in [2.24, 2.45) is 0 Å². The number of methoxy groups -OCH3 is 2. The molecule has 1 aromatic carbocycles. The van der Waals surface area contributed by atoms with E-state index in [-0.39, 0.29) is 12.2 Å². The van der Waals surface area contributed by atoms with E-state index in [1.807, 2.05) is 30.3 Å². The fourth-order valence-electron chi connectivity index (χ4n) is 3.17. The second-order valence-electron chi connectivity index (χ2n) is 6.91. The molecule has 0 aliphatic heterocycles. The fraction of sp³-hybridized carbons (Fsp3) is 0.125. The summed E-state index contributed by atoms with van der Waals surface area (Å²) in [6.45, 7) is 0.165. The lowest BCUT2D eigenvalue weighted by Crippen LogP contribution is -2.25. The van der Waals surface area contributed by atoms with E-state index in [0.29, 0.717) is 39.3 Å². The van der Waals surface area contributed by atoms with Gasteiger partial charge >= 0.3 is 0 Å². The van der Waals surface area contributed by atoms with Gasteiger partial charge in [-0.1, -0.05) is 41.9 Å². The Morgan fingerprint density at radius 3 is 2.52 bits per heavy atom. The zero-order chi connectivity index (χ0) is 23.2. The van der Waals surface area contributed by atoms with Gasteiger partial charge in [0.2, 0.25) is 0 Å². The smallest absolute Gasteiger partial charge is 0.272 e. The van der Waals surface area contributed by atoms with Gasteiger partial charge in [0.15, 0.2) is 11.4 Å². The van der Waals surface area contributed by atoms with Crippen LogP contribution in [0.4, 0.5) is 0 Å². The van der Waals surface area contributed by atoms with Crippen molar-refractivity contribution in [1.82, 2.24) is 25.3 Å². The van der Waals surface area contributed by atoms with Crippen molar-refractivity contribution < 1.29 is 14.3 Å². The molecule has 3 aromatic heterocycles. The number of hydrogen-bond acceptors (Lipinski definition) is 7. The van der Waals surface area contributed by atoms with Crippen LogP contribution in [0, 0.1) is 0 Å². The minimum absolute atomic E-state index is 0.165. The van der Waals surface area contributed by atoms with E-state index in [1.54, 1.807) is 30.6 Å². The van der Waals surface area contributed by atoms with Crippen LogP contribution < -0.4 is 14.8 Å². The lowest BCUT2D eigenvalue weighted by molar-refractivity contribution is 0.0946. The first-order valence-corrected chi connectivity index (χ1v) is 10.4. The quantitative estimate of drug-likeness (QED) is 0.440. The van der Waals surface area contributed by atoms with E-state index in [2.05, 4.69) is 25.3 Å². The molecule has 0 saturated heterocycles. The summed E-state index contributed by atoms with van der Waals surface area (Å²) >= 11 is 6.07. The van der Waals surface area contributed by atoms with Crippen molar-refractivity contribution in [1.29, 1.82) is 0 Å². The topological polar surface area (TPSA) is 99.1 Å². The van der Waals surface area contributed by atoms with Gasteiger partial charge < -0.3 is 14.8 Å². The molecule has 33 heavy (non-hydrogen) atoms. The number of halogens is 1. The van der Waals surface area contributed by atoms with Gasteiger partial charge in [0, 0.05) is 23.5 Å². The molecule has 8 nitrogen and oxygen atoms in total. The van der Waals surface area contributed by atoms with Crippen molar-refractivity contribution in [3.63, 3.8) is 0 Å². The highest BCUT2D eigenvalue weighted by molar-refractivity contribution is 6.30. The summed E-state index contributed by atoms with van der Waals surface area (Å²) < 4.78 is 10.4. The highest BCUT2D eigenvalue weighted by atomic mass is 35.5. The number of carbonyl (C=O) groups is 1. The summed E-state index contributed by atoms with van der Waals surface area (Å²) in [5, 5.41) is 3.33. The zero-order valence-electron chi connectivity index (χ0n) is 17.9. The maximum atomic E-state index is 13.2. The maximum absolute atomic E-state index is 13.2. The van der Waals surface area contributed by atoms with Gasteiger partial charge in [-0.25, -0.2) is 9.97 Å². The van der Waals surface area contributed by atoms with Gasteiger partial charge in [0.1, 0.15) is 5.69 Å². The Kier molecular flexibility index (Phi) is 6.75. The Morgan fingerprint density at radius 2 is 1.79 bits per heavy atom. The average Bonchev–Trinajstić information content (AvgIpc) is 2.87. The van der Waals surface area contributed by atoms with Crippen LogP contribution in [0.25, 0.3) is 22.5 Å². The normalized spacial score (nSPS) is 10.5. The number of aromatic nitrogens is 4. The SMILES string of the molecule is COc1ccc(CNC(=O)c2nc(-c3cncc(Cl)c3)cnc2-c2ccccc2)nc1OC. The van der Waals surface area contributed by atoms with E-state index in [4.69, 9.17) is 21.1 Å². The molecule has 0 saturated carbocycles. The summed E-state index contributed by atoms with van der Waals surface area (Å²) in [4.78, 5) is 30.8. The van der Waals surface area contributed by atoms with Crippen LogP contribution in [0.3, 0.4) is 0 Å². The third-order valence-corrected chi connectivity index (χ3v) is 4.97. The Hall–Kier alpha value is -4.04. The molecule has 0 bridgehead atoms.